The van der Waals surface area contributed by atoms with E-state index in [0.717, 1.165) is 0 Å². The molecule has 1 aliphatic rings. The highest BCUT2D eigenvalue weighted by molar-refractivity contribution is 5.91. The second kappa shape index (κ2) is 7.05. The molecule has 0 unspecified atom stereocenters. The number of carbonyl (C=O) groups is 2. The van der Waals surface area contributed by atoms with E-state index in [1.807, 2.05) is 0 Å². The van der Waals surface area contributed by atoms with Crippen molar-refractivity contribution in [2.75, 3.05) is 26.9 Å². The molecule has 1 aromatic carbocycles. The van der Waals surface area contributed by atoms with Gasteiger partial charge in [0.05, 0.1) is 26.9 Å². The highest BCUT2D eigenvalue weighted by Gasteiger charge is 2.22. The lowest BCUT2D eigenvalue weighted by Gasteiger charge is -2.22. The molecule has 0 spiro atoms. The monoisotopic (exact) mass is 295 g/mol. The first kappa shape index (κ1) is 15.3. The van der Waals surface area contributed by atoms with Gasteiger partial charge < -0.3 is 24.6 Å². The number of benzene rings is 1. The Balaban J connectivity index is 1.98. The van der Waals surface area contributed by atoms with Crippen LogP contribution in [0.15, 0.2) is 18.2 Å². The quantitative estimate of drug-likeness (QED) is 0.818. The average molecular weight is 295 g/mol. The normalized spacial score (nSPS) is 18.0. The number of methoxy groups -OCH3 is 1. The van der Waals surface area contributed by atoms with Crippen LogP contribution in [0.2, 0.25) is 0 Å². The third-order valence-corrected chi connectivity index (χ3v) is 3.07. The topological polar surface area (TPSA) is 94.1 Å². The van der Waals surface area contributed by atoms with Crippen LogP contribution in [0.4, 0.5) is 0 Å². The summed E-state index contributed by atoms with van der Waals surface area (Å²) in [5.41, 5.74) is 0.722. The van der Waals surface area contributed by atoms with E-state index in [9.17, 15) is 9.59 Å². The summed E-state index contributed by atoms with van der Waals surface area (Å²) in [5.74, 6) is -1.08. The van der Waals surface area contributed by atoms with Gasteiger partial charge >= 0.3 is 5.97 Å². The van der Waals surface area contributed by atoms with Crippen LogP contribution in [-0.4, -0.2) is 50.0 Å². The third-order valence-electron chi connectivity index (χ3n) is 3.07. The van der Waals surface area contributed by atoms with E-state index in [2.05, 4.69) is 5.32 Å². The zero-order chi connectivity index (χ0) is 15.2. The van der Waals surface area contributed by atoms with Crippen molar-refractivity contribution >= 4 is 11.9 Å². The van der Waals surface area contributed by atoms with Crippen molar-refractivity contribution in [3.05, 3.63) is 29.3 Å². The largest absolute Gasteiger partial charge is 0.496 e. The van der Waals surface area contributed by atoms with Crippen molar-refractivity contribution in [1.82, 2.24) is 5.32 Å². The number of hydrogen-bond acceptors (Lipinski definition) is 5. The van der Waals surface area contributed by atoms with Gasteiger partial charge in [-0.25, -0.2) is 4.79 Å². The summed E-state index contributed by atoms with van der Waals surface area (Å²) < 4.78 is 15.4. The fourth-order valence-corrected chi connectivity index (χ4v) is 1.97. The molecule has 0 saturated carbocycles. The van der Waals surface area contributed by atoms with Crippen LogP contribution in [0.3, 0.4) is 0 Å². The lowest BCUT2D eigenvalue weighted by molar-refractivity contribution is -0.147. The van der Waals surface area contributed by atoms with Crippen molar-refractivity contribution in [3.63, 3.8) is 0 Å². The van der Waals surface area contributed by atoms with Crippen LogP contribution < -0.4 is 10.1 Å². The summed E-state index contributed by atoms with van der Waals surface area (Å²) in [6.45, 7) is 1.33. The summed E-state index contributed by atoms with van der Waals surface area (Å²) in [6.07, 6.45) is -0.615. The van der Waals surface area contributed by atoms with Gasteiger partial charge in [-0.2, -0.15) is 0 Å². The SMILES string of the molecule is COc1ccc(CNC(=O)[C@H]2COCCO2)cc1C(=O)O. The van der Waals surface area contributed by atoms with Gasteiger partial charge in [0.15, 0.2) is 6.10 Å². The van der Waals surface area contributed by atoms with Gasteiger partial charge in [0.1, 0.15) is 11.3 Å². The van der Waals surface area contributed by atoms with Gasteiger partial charge in [0.2, 0.25) is 0 Å². The van der Waals surface area contributed by atoms with Crippen molar-refractivity contribution in [1.29, 1.82) is 0 Å². The minimum Gasteiger partial charge on any atom is -0.496 e. The van der Waals surface area contributed by atoms with Crippen LogP contribution in [-0.2, 0) is 20.8 Å². The number of rotatable bonds is 5. The van der Waals surface area contributed by atoms with Crippen molar-refractivity contribution in [2.24, 2.45) is 0 Å². The predicted octanol–water partition coefficient (Wildman–Crippen LogP) is 0.425. The Hall–Kier alpha value is -2.12. The van der Waals surface area contributed by atoms with Crippen LogP contribution in [0.1, 0.15) is 15.9 Å². The average Bonchev–Trinajstić information content (AvgIpc) is 2.53. The fourth-order valence-electron chi connectivity index (χ4n) is 1.97. The molecule has 1 aliphatic heterocycles. The number of nitrogens with one attached hydrogen (secondary N) is 1. The highest BCUT2D eigenvalue weighted by atomic mass is 16.6. The molecule has 7 nitrogen and oxygen atoms in total. The lowest BCUT2D eigenvalue weighted by Crippen LogP contribution is -2.42. The summed E-state index contributed by atoms with van der Waals surface area (Å²) in [6, 6.07) is 4.73. The van der Waals surface area contributed by atoms with E-state index in [4.69, 9.17) is 19.3 Å². The number of amides is 1. The van der Waals surface area contributed by atoms with Crippen molar-refractivity contribution < 1.29 is 28.9 Å². The molecule has 1 heterocycles. The number of carboxylic acid groups (broad SMARTS) is 1. The predicted molar refractivity (Wildman–Crippen MR) is 72.4 cm³/mol. The second-order valence-electron chi connectivity index (χ2n) is 4.49. The van der Waals surface area contributed by atoms with Gasteiger partial charge in [-0.1, -0.05) is 6.07 Å². The molecule has 0 radical (unpaired) electrons. The molecule has 2 rings (SSSR count). The maximum atomic E-state index is 11.9. The minimum atomic E-state index is -1.08. The van der Waals surface area contributed by atoms with Crippen LogP contribution >= 0.6 is 0 Å². The first-order valence-corrected chi connectivity index (χ1v) is 6.49. The van der Waals surface area contributed by atoms with E-state index < -0.39 is 12.1 Å². The van der Waals surface area contributed by atoms with Crippen LogP contribution in [0.25, 0.3) is 0 Å². The fraction of sp³-hybridized carbons (Fsp3) is 0.429. The summed E-state index contributed by atoms with van der Waals surface area (Å²) in [7, 11) is 1.41. The lowest BCUT2D eigenvalue weighted by atomic mass is 10.1. The Morgan fingerprint density at radius 3 is 2.86 bits per heavy atom. The Kier molecular flexibility index (Phi) is 5.13. The van der Waals surface area contributed by atoms with Crippen LogP contribution in [0.5, 0.6) is 5.75 Å². The van der Waals surface area contributed by atoms with Gasteiger partial charge in [-0.15, -0.1) is 0 Å². The molecule has 1 aromatic rings. The van der Waals surface area contributed by atoms with E-state index >= 15 is 0 Å². The standard InChI is InChI=1S/C14H17NO6/c1-19-11-3-2-9(6-10(11)14(17)18)7-15-13(16)12-8-20-4-5-21-12/h2-3,6,12H,4-5,7-8H2,1H3,(H,15,16)(H,17,18)/t12-/m1/s1. The van der Waals surface area contributed by atoms with Gasteiger partial charge in [0.25, 0.3) is 5.91 Å². The highest BCUT2D eigenvalue weighted by Crippen LogP contribution is 2.19. The van der Waals surface area contributed by atoms with E-state index in [1.165, 1.54) is 13.2 Å². The number of hydrogen-bond donors (Lipinski definition) is 2. The summed E-state index contributed by atoms with van der Waals surface area (Å²) in [5, 5.41) is 11.8. The Bertz CT molecular complexity index is 524. The van der Waals surface area contributed by atoms with Gasteiger partial charge in [-0.05, 0) is 17.7 Å². The first-order chi connectivity index (χ1) is 10.1. The number of carbonyl (C=O) groups excluding carboxylic acids is 1. The number of carboxylic acids is 1. The Labute approximate surface area is 121 Å². The maximum absolute atomic E-state index is 11.9. The van der Waals surface area contributed by atoms with E-state index in [-0.39, 0.29) is 30.4 Å². The molecule has 7 heteroatoms. The smallest absolute Gasteiger partial charge is 0.339 e. The van der Waals surface area contributed by atoms with E-state index in [0.29, 0.717) is 18.8 Å². The molecule has 1 amide bonds. The van der Waals surface area contributed by atoms with Crippen molar-refractivity contribution in [2.45, 2.75) is 12.6 Å². The van der Waals surface area contributed by atoms with Crippen LogP contribution in [0, 0.1) is 0 Å². The zero-order valence-corrected chi connectivity index (χ0v) is 11.6. The third kappa shape index (κ3) is 3.93. The molecule has 0 bridgehead atoms. The molecule has 0 aromatic heterocycles. The molecule has 1 fully saturated rings. The molecule has 0 aliphatic carbocycles. The Morgan fingerprint density at radius 2 is 2.24 bits per heavy atom. The molecular weight excluding hydrogens is 278 g/mol. The molecule has 1 atom stereocenters. The zero-order valence-electron chi connectivity index (χ0n) is 11.6. The maximum Gasteiger partial charge on any atom is 0.339 e. The minimum absolute atomic E-state index is 0.0569. The molecule has 2 N–H and O–H groups in total. The molecular formula is C14H17NO6. The molecule has 1 saturated heterocycles. The Morgan fingerprint density at radius 1 is 1.43 bits per heavy atom. The second-order valence-corrected chi connectivity index (χ2v) is 4.49. The number of aromatic carboxylic acids is 1. The first-order valence-electron chi connectivity index (χ1n) is 6.49. The summed E-state index contributed by atoms with van der Waals surface area (Å²) >= 11 is 0. The molecule has 114 valence electrons. The van der Waals surface area contributed by atoms with Gasteiger partial charge in [0, 0.05) is 6.54 Å². The van der Waals surface area contributed by atoms with E-state index in [1.54, 1.807) is 12.1 Å². The van der Waals surface area contributed by atoms with Crippen molar-refractivity contribution in [3.8, 4) is 5.75 Å². The molecule has 21 heavy (non-hydrogen) atoms. The summed E-state index contributed by atoms with van der Waals surface area (Å²) in [4.78, 5) is 23.0. The van der Waals surface area contributed by atoms with Gasteiger partial charge in [-0.3, -0.25) is 4.79 Å². The number of ether oxygens (including phenoxy) is 3.